The van der Waals surface area contributed by atoms with Crippen molar-refractivity contribution in [1.82, 2.24) is 0 Å². The van der Waals surface area contributed by atoms with Crippen LogP contribution in [-0.2, 0) is 0 Å². The monoisotopic (exact) mass is 204 g/mol. The average Bonchev–Trinajstić information content (AvgIpc) is 1.59. The maximum Gasteiger partial charge on any atom is 0.341 e. The summed E-state index contributed by atoms with van der Waals surface area (Å²) in [7, 11) is 0. The van der Waals surface area contributed by atoms with Crippen LogP contribution in [0.2, 0.25) is 6.04 Å². The maximum atomic E-state index is 5.65. The van der Waals surface area contributed by atoms with Crippen LogP contribution in [0.25, 0.3) is 0 Å². The molecule has 0 saturated carbocycles. The van der Waals surface area contributed by atoms with E-state index in [4.69, 9.17) is 33.2 Å². The predicted molar refractivity (Wildman–Crippen MR) is 47.6 cm³/mol. The SMILES string of the molecule is CC(C)CC[Si](Cl)(Cl)Cl. The van der Waals surface area contributed by atoms with Gasteiger partial charge in [-0.25, -0.2) is 0 Å². The maximum absolute atomic E-state index is 5.65. The fraction of sp³-hybridized carbons (Fsp3) is 1.00. The minimum Gasteiger partial charge on any atom is -0.126 e. The molecule has 0 amide bonds. The first-order valence-corrected chi connectivity index (χ1v) is 8.23. The number of halogens is 3. The molecule has 0 aromatic carbocycles. The molecule has 0 radical (unpaired) electrons. The molecule has 0 heterocycles. The topological polar surface area (TPSA) is 0 Å². The quantitative estimate of drug-likeness (QED) is 0.487. The van der Waals surface area contributed by atoms with Crippen LogP contribution in [0.1, 0.15) is 20.3 Å². The lowest BCUT2D eigenvalue weighted by atomic mass is 10.2. The van der Waals surface area contributed by atoms with E-state index in [0.717, 1.165) is 12.5 Å². The van der Waals surface area contributed by atoms with Crippen LogP contribution in [0.3, 0.4) is 0 Å². The fourth-order valence-electron chi connectivity index (χ4n) is 0.452. The zero-order valence-corrected chi connectivity index (χ0v) is 8.89. The van der Waals surface area contributed by atoms with E-state index < -0.39 is 6.00 Å². The highest BCUT2D eigenvalue weighted by Crippen LogP contribution is 2.27. The van der Waals surface area contributed by atoms with Crippen LogP contribution in [0.5, 0.6) is 0 Å². The van der Waals surface area contributed by atoms with E-state index >= 15 is 0 Å². The van der Waals surface area contributed by atoms with E-state index in [1.807, 2.05) is 0 Å². The van der Waals surface area contributed by atoms with Gasteiger partial charge in [0.15, 0.2) is 0 Å². The van der Waals surface area contributed by atoms with E-state index in [1.54, 1.807) is 0 Å². The summed E-state index contributed by atoms with van der Waals surface area (Å²) in [6.45, 7) is 4.26. The van der Waals surface area contributed by atoms with E-state index in [1.165, 1.54) is 0 Å². The molecule has 0 atom stereocenters. The Kier molecular flexibility index (Phi) is 4.56. The Labute approximate surface area is 71.6 Å². The van der Waals surface area contributed by atoms with Gasteiger partial charge in [-0.1, -0.05) is 20.3 Å². The summed E-state index contributed by atoms with van der Waals surface area (Å²) in [5.74, 6) is 0.646. The van der Waals surface area contributed by atoms with Crippen molar-refractivity contribution in [2.24, 2.45) is 5.92 Å². The third-order valence-electron chi connectivity index (χ3n) is 1.01. The largest absolute Gasteiger partial charge is 0.341 e. The first kappa shape index (κ1) is 10.1. The van der Waals surface area contributed by atoms with Crippen LogP contribution in [-0.4, -0.2) is 6.00 Å². The Balaban J connectivity index is 3.28. The third kappa shape index (κ3) is 9.09. The van der Waals surface area contributed by atoms with Crippen LogP contribution in [0, 0.1) is 5.92 Å². The molecule has 0 aliphatic heterocycles. The number of hydrogen-bond donors (Lipinski definition) is 0. The minimum absolute atomic E-state index is 0.646. The molecule has 0 unspecified atom stereocenters. The summed E-state index contributed by atoms with van der Waals surface area (Å²) >= 11 is 16.9. The molecule has 4 heteroatoms. The zero-order valence-electron chi connectivity index (χ0n) is 5.63. The van der Waals surface area contributed by atoms with Crippen LogP contribution in [0.15, 0.2) is 0 Å². The summed E-state index contributed by atoms with van der Waals surface area (Å²) in [5, 5.41) is 0. The highest BCUT2D eigenvalue weighted by atomic mass is 35.8. The van der Waals surface area contributed by atoms with Crippen molar-refractivity contribution in [3.63, 3.8) is 0 Å². The van der Waals surface area contributed by atoms with Crippen molar-refractivity contribution < 1.29 is 0 Å². The summed E-state index contributed by atoms with van der Waals surface area (Å²) in [4.78, 5) is 0. The van der Waals surface area contributed by atoms with E-state index in [9.17, 15) is 0 Å². The lowest BCUT2D eigenvalue weighted by molar-refractivity contribution is 0.624. The van der Waals surface area contributed by atoms with Gasteiger partial charge in [-0.3, -0.25) is 0 Å². The fourth-order valence-corrected chi connectivity index (χ4v) is 2.34. The van der Waals surface area contributed by atoms with Gasteiger partial charge in [-0.2, -0.15) is 0 Å². The summed E-state index contributed by atoms with van der Waals surface area (Å²) in [5.41, 5.74) is 0. The van der Waals surface area contributed by atoms with Crippen molar-refractivity contribution >= 4 is 39.2 Å². The van der Waals surface area contributed by atoms with Crippen molar-refractivity contribution in [2.45, 2.75) is 26.3 Å². The zero-order chi connectivity index (χ0) is 7.49. The Morgan fingerprint density at radius 1 is 1.22 bits per heavy atom. The average molecular weight is 206 g/mol. The van der Waals surface area contributed by atoms with E-state index in [-0.39, 0.29) is 0 Å². The summed E-state index contributed by atoms with van der Waals surface area (Å²) in [6, 6.07) is -1.52. The van der Waals surface area contributed by atoms with Crippen LogP contribution in [0.4, 0.5) is 0 Å². The van der Waals surface area contributed by atoms with Gasteiger partial charge in [0, 0.05) is 0 Å². The lowest BCUT2D eigenvalue weighted by Gasteiger charge is -2.08. The van der Waals surface area contributed by atoms with Gasteiger partial charge in [0.25, 0.3) is 0 Å². The first-order chi connectivity index (χ1) is 3.92. The highest BCUT2D eigenvalue weighted by molar-refractivity contribution is 7.64. The normalized spacial score (nSPS) is 12.7. The molecule has 0 aromatic rings. The molecular weight excluding hydrogens is 194 g/mol. The highest BCUT2D eigenvalue weighted by Gasteiger charge is 2.24. The first-order valence-electron chi connectivity index (χ1n) is 2.98. The molecular formula is C5H11Cl3Si. The van der Waals surface area contributed by atoms with Gasteiger partial charge >= 0.3 is 6.00 Å². The smallest absolute Gasteiger partial charge is 0.126 e. The molecule has 0 rings (SSSR count). The van der Waals surface area contributed by atoms with Crippen LogP contribution >= 0.6 is 33.2 Å². The molecule has 56 valence electrons. The van der Waals surface area contributed by atoms with Gasteiger partial charge in [0.05, 0.1) is 0 Å². The van der Waals surface area contributed by atoms with E-state index in [2.05, 4.69) is 13.8 Å². The summed E-state index contributed by atoms with van der Waals surface area (Å²) in [6.07, 6.45) is 1.03. The van der Waals surface area contributed by atoms with Gasteiger partial charge in [0.1, 0.15) is 0 Å². The number of rotatable bonds is 3. The second kappa shape index (κ2) is 4.07. The molecule has 0 fully saturated rings. The molecule has 0 aliphatic rings. The molecule has 9 heavy (non-hydrogen) atoms. The molecule has 0 N–H and O–H groups in total. The number of hydrogen-bond acceptors (Lipinski definition) is 0. The van der Waals surface area contributed by atoms with Gasteiger partial charge in [-0.15, -0.1) is 33.2 Å². The minimum atomic E-state index is -2.30. The Bertz CT molecular complexity index is 76.8. The second-order valence-electron chi connectivity index (χ2n) is 2.55. The second-order valence-corrected chi connectivity index (χ2v) is 11.8. The van der Waals surface area contributed by atoms with Gasteiger partial charge in [-0.05, 0) is 12.0 Å². The molecule has 0 aliphatic carbocycles. The Hall–Kier alpha value is 1.09. The summed E-state index contributed by atoms with van der Waals surface area (Å²) < 4.78 is 0. The van der Waals surface area contributed by atoms with Gasteiger partial charge in [0.2, 0.25) is 0 Å². The van der Waals surface area contributed by atoms with Crippen molar-refractivity contribution in [2.75, 3.05) is 0 Å². The predicted octanol–water partition coefficient (Wildman–Crippen LogP) is 3.69. The molecule has 0 aromatic heterocycles. The van der Waals surface area contributed by atoms with Crippen molar-refractivity contribution in [1.29, 1.82) is 0 Å². The van der Waals surface area contributed by atoms with Crippen molar-refractivity contribution in [3.8, 4) is 0 Å². The van der Waals surface area contributed by atoms with Gasteiger partial charge < -0.3 is 0 Å². The third-order valence-corrected chi connectivity index (χ3v) is 3.56. The Morgan fingerprint density at radius 2 is 1.67 bits per heavy atom. The van der Waals surface area contributed by atoms with Crippen molar-refractivity contribution in [3.05, 3.63) is 0 Å². The molecule has 0 nitrogen and oxygen atoms in total. The molecule has 0 spiro atoms. The lowest BCUT2D eigenvalue weighted by Crippen LogP contribution is -2.09. The molecule has 0 saturated heterocycles. The van der Waals surface area contributed by atoms with E-state index in [0.29, 0.717) is 5.92 Å². The molecule has 0 bridgehead atoms. The van der Waals surface area contributed by atoms with Crippen LogP contribution < -0.4 is 0 Å². The standard InChI is InChI=1S/C5H11Cl3Si/c1-5(2)3-4-9(6,7)8/h5H,3-4H2,1-2H3. The Morgan fingerprint density at radius 3 is 1.78 bits per heavy atom.